The smallest absolute Gasteiger partial charge is 0.246 e. The summed E-state index contributed by atoms with van der Waals surface area (Å²) in [6.45, 7) is 5.93. The molecule has 0 atom stereocenters. The third-order valence-electron chi connectivity index (χ3n) is 1.60. The summed E-state index contributed by atoms with van der Waals surface area (Å²) in [4.78, 5) is 13.0. The van der Waals surface area contributed by atoms with Gasteiger partial charge in [0.2, 0.25) is 5.91 Å². The first-order valence-electron chi connectivity index (χ1n) is 4.20. The lowest BCUT2D eigenvalue weighted by atomic mass is 10.4. The third kappa shape index (κ3) is 4.13. The number of ether oxygens (including phenoxy) is 1. The lowest BCUT2D eigenvalue weighted by molar-refractivity contribution is -0.125. The minimum atomic E-state index is 0.0528. The van der Waals surface area contributed by atoms with Gasteiger partial charge in [-0.1, -0.05) is 6.08 Å². The zero-order valence-electron chi connectivity index (χ0n) is 8.04. The number of rotatable bonds is 5. The summed E-state index contributed by atoms with van der Waals surface area (Å²) in [7, 11) is 1.60. The summed E-state index contributed by atoms with van der Waals surface area (Å²) in [5.74, 6) is 0.0528. The van der Waals surface area contributed by atoms with E-state index < -0.39 is 0 Å². The fourth-order valence-electron chi connectivity index (χ4n) is 0.886. The predicted octanol–water partition coefficient (Wildman–Crippen LogP) is 1.06. The van der Waals surface area contributed by atoms with Crippen LogP contribution in [0, 0.1) is 0 Å². The minimum absolute atomic E-state index is 0.0528. The number of hydrogen-bond donors (Lipinski definition) is 0. The molecule has 3 nitrogen and oxygen atoms in total. The molecule has 0 aromatic rings. The zero-order chi connectivity index (χ0) is 9.40. The summed E-state index contributed by atoms with van der Waals surface area (Å²) in [5.41, 5.74) is 0. The zero-order valence-corrected chi connectivity index (χ0v) is 8.04. The summed E-state index contributed by atoms with van der Waals surface area (Å²) < 4.78 is 4.78. The van der Waals surface area contributed by atoms with E-state index in [1.807, 2.05) is 13.8 Å². The number of carbonyl (C=O) groups excluding carboxylic acids is 1. The monoisotopic (exact) mass is 171 g/mol. The Balaban J connectivity index is 3.83. The van der Waals surface area contributed by atoms with E-state index in [9.17, 15) is 4.79 Å². The summed E-state index contributed by atoms with van der Waals surface area (Å²) >= 11 is 0. The van der Waals surface area contributed by atoms with Gasteiger partial charge in [0.25, 0.3) is 0 Å². The molecule has 0 radical (unpaired) electrons. The first-order valence-corrected chi connectivity index (χ1v) is 4.20. The lowest BCUT2D eigenvalue weighted by Crippen LogP contribution is -2.28. The van der Waals surface area contributed by atoms with Crippen LogP contribution in [-0.4, -0.2) is 37.6 Å². The van der Waals surface area contributed by atoms with E-state index >= 15 is 0 Å². The maximum absolute atomic E-state index is 11.3. The van der Waals surface area contributed by atoms with Crippen LogP contribution in [0.1, 0.15) is 13.8 Å². The first-order chi connectivity index (χ1) is 5.76. The molecule has 0 spiro atoms. The van der Waals surface area contributed by atoms with E-state index in [2.05, 4.69) is 0 Å². The van der Waals surface area contributed by atoms with Crippen LogP contribution in [0.5, 0.6) is 0 Å². The Bertz CT molecular complexity index is 151. The van der Waals surface area contributed by atoms with E-state index in [0.29, 0.717) is 6.61 Å². The Kier molecular flexibility index (Phi) is 6.38. The van der Waals surface area contributed by atoms with E-state index in [4.69, 9.17) is 4.74 Å². The van der Waals surface area contributed by atoms with Gasteiger partial charge in [0, 0.05) is 26.3 Å². The second kappa shape index (κ2) is 6.85. The van der Waals surface area contributed by atoms with Crippen molar-refractivity contribution in [2.24, 2.45) is 0 Å². The Hall–Kier alpha value is -0.830. The molecule has 0 bridgehead atoms. The number of hydrogen-bond acceptors (Lipinski definition) is 2. The predicted molar refractivity (Wildman–Crippen MR) is 48.9 cm³/mol. The second-order valence-electron chi connectivity index (χ2n) is 2.37. The molecular weight excluding hydrogens is 154 g/mol. The van der Waals surface area contributed by atoms with Crippen molar-refractivity contribution in [3.05, 3.63) is 12.2 Å². The van der Waals surface area contributed by atoms with Gasteiger partial charge in [-0.05, 0) is 13.8 Å². The van der Waals surface area contributed by atoms with Crippen LogP contribution in [0.2, 0.25) is 0 Å². The first kappa shape index (κ1) is 11.2. The molecule has 0 aliphatic carbocycles. The Labute approximate surface area is 74.0 Å². The molecule has 0 rings (SSSR count). The molecule has 0 saturated carbocycles. The molecule has 0 aliphatic rings. The number of carbonyl (C=O) groups is 1. The van der Waals surface area contributed by atoms with Crippen molar-refractivity contribution in [1.29, 1.82) is 0 Å². The average molecular weight is 171 g/mol. The van der Waals surface area contributed by atoms with Gasteiger partial charge in [-0.3, -0.25) is 4.79 Å². The van der Waals surface area contributed by atoms with Crippen molar-refractivity contribution >= 4 is 5.91 Å². The van der Waals surface area contributed by atoms with Crippen molar-refractivity contribution in [1.82, 2.24) is 4.90 Å². The fraction of sp³-hybridized carbons (Fsp3) is 0.667. The van der Waals surface area contributed by atoms with E-state index in [0.717, 1.165) is 13.1 Å². The summed E-state index contributed by atoms with van der Waals surface area (Å²) in [5, 5.41) is 0. The van der Waals surface area contributed by atoms with Gasteiger partial charge in [0.15, 0.2) is 0 Å². The van der Waals surface area contributed by atoms with Gasteiger partial charge < -0.3 is 9.64 Å². The molecule has 0 heterocycles. The third-order valence-corrected chi connectivity index (χ3v) is 1.60. The van der Waals surface area contributed by atoms with Crippen LogP contribution >= 0.6 is 0 Å². The van der Waals surface area contributed by atoms with Crippen molar-refractivity contribution in [3.63, 3.8) is 0 Å². The molecular formula is C9H17NO2. The van der Waals surface area contributed by atoms with Gasteiger partial charge in [0.1, 0.15) is 0 Å². The van der Waals surface area contributed by atoms with E-state index in [1.165, 1.54) is 0 Å². The maximum atomic E-state index is 11.3. The topological polar surface area (TPSA) is 29.5 Å². The van der Waals surface area contributed by atoms with Crippen LogP contribution in [0.4, 0.5) is 0 Å². The van der Waals surface area contributed by atoms with E-state index in [1.54, 1.807) is 24.2 Å². The second-order valence-corrected chi connectivity index (χ2v) is 2.37. The van der Waals surface area contributed by atoms with Crippen LogP contribution < -0.4 is 0 Å². The number of nitrogens with zero attached hydrogens (tertiary/aromatic N) is 1. The number of likely N-dealkylation sites (N-methyl/N-ethyl adjacent to an activating group) is 1. The quantitative estimate of drug-likeness (QED) is 0.579. The highest BCUT2D eigenvalue weighted by molar-refractivity contribution is 5.87. The molecule has 0 N–H and O–H groups in total. The highest BCUT2D eigenvalue weighted by Gasteiger charge is 2.03. The Morgan fingerprint density at radius 1 is 1.42 bits per heavy atom. The van der Waals surface area contributed by atoms with Crippen molar-refractivity contribution in [2.45, 2.75) is 13.8 Å². The molecule has 0 aromatic carbocycles. The molecule has 0 aliphatic heterocycles. The Morgan fingerprint density at radius 3 is 2.42 bits per heavy atom. The highest BCUT2D eigenvalue weighted by Crippen LogP contribution is 1.90. The molecule has 0 aromatic heterocycles. The van der Waals surface area contributed by atoms with Gasteiger partial charge in [-0.25, -0.2) is 0 Å². The minimum Gasteiger partial charge on any atom is -0.381 e. The molecule has 0 fully saturated rings. The van der Waals surface area contributed by atoms with Crippen LogP contribution in [0.15, 0.2) is 12.2 Å². The molecule has 1 amide bonds. The Morgan fingerprint density at radius 2 is 2.00 bits per heavy atom. The van der Waals surface area contributed by atoms with E-state index in [-0.39, 0.29) is 5.91 Å². The van der Waals surface area contributed by atoms with Gasteiger partial charge in [-0.15, -0.1) is 0 Å². The fourth-order valence-corrected chi connectivity index (χ4v) is 0.886. The van der Waals surface area contributed by atoms with Crippen molar-refractivity contribution < 1.29 is 9.53 Å². The van der Waals surface area contributed by atoms with Crippen LogP contribution in [0.25, 0.3) is 0 Å². The van der Waals surface area contributed by atoms with Gasteiger partial charge >= 0.3 is 0 Å². The van der Waals surface area contributed by atoms with Gasteiger partial charge in [-0.2, -0.15) is 0 Å². The maximum Gasteiger partial charge on any atom is 0.246 e. The number of amides is 1. The molecule has 70 valence electrons. The van der Waals surface area contributed by atoms with Crippen LogP contribution in [0.3, 0.4) is 0 Å². The molecule has 3 heteroatoms. The number of methoxy groups -OCH3 is 1. The summed E-state index contributed by atoms with van der Waals surface area (Å²) in [6.07, 6.45) is 3.27. The normalized spacial score (nSPS) is 10.6. The van der Waals surface area contributed by atoms with Crippen LogP contribution in [-0.2, 0) is 9.53 Å². The summed E-state index contributed by atoms with van der Waals surface area (Å²) in [6, 6.07) is 0. The SMILES string of the molecule is CCN(CC)C(=O)/C=C/COC. The molecule has 0 unspecified atom stereocenters. The lowest BCUT2D eigenvalue weighted by Gasteiger charge is -2.15. The standard InChI is InChI=1S/C9H17NO2/c1-4-10(5-2)9(11)7-6-8-12-3/h6-7H,4-5,8H2,1-3H3/b7-6+. The van der Waals surface area contributed by atoms with Crippen molar-refractivity contribution in [3.8, 4) is 0 Å². The van der Waals surface area contributed by atoms with Crippen molar-refractivity contribution in [2.75, 3.05) is 26.8 Å². The largest absolute Gasteiger partial charge is 0.381 e. The molecule has 0 saturated heterocycles. The average Bonchev–Trinajstić information content (AvgIpc) is 2.07. The highest BCUT2D eigenvalue weighted by atomic mass is 16.5. The van der Waals surface area contributed by atoms with Gasteiger partial charge in [0.05, 0.1) is 6.61 Å². The molecule has 12 heavy (non-hydrogen) atoms.